The van der Waals surface area contributed by atoms with Crippen LogP contribution in [0.2, 0.25) is 0 Å². The van der Waals surface area contributed by atoms with Crippen molar-refractivity contribution in [3.8, 4) is 0 Å². The first-order valence-corrected chi connectivity index (χ1v) is 9.63. The average molecular weight is 481 g/mol. The first-order chi connectivity index (χ1) is 11.8. The van der Waals surface area contributed by atoms with E-state index in [1.165, 1.54) is 22.2 Å². The number of para-hydroxylation sites is 2. The maximum atomic E-state index is 5.17. The summed E-state index contributed by atoms with van der Waals surface area (Å²) in [4.78, 5) is 5.17. The van der Waals surface area contributed by atoms with Crippen LogP contribution in [0.5, 0.6) is 0 Å². The second-order valence-electron chi connectivity index (χ2n) is 7.22. The quantitative estimate of drug-likeness (QED) is 0.393. The molecule has 140 valence electrons. The monoisotopic (exact) mass is 479 g/mol. The number of aromatic nitrogens is 2. The van der Waals surface area contributed by atoms with Gasteiger partial charge in [0.15, 0.2) is 0 Å². The lowest BCUT2D eigenvalue weighted by Crippen LogP contribution is -2.28. The molecule has 0 unspecified atom stereocenters. The number of aryl methyl sites for hydroxylation is 2. The average Bonchev–Trinajstić information content (AvgIpc) is 2.84. The Hall–Kier alpha value is -1.33. The second kappa shape index (κ2) is 8.13. The molecule has 3 nitrogen and oxygen atoms in total. The first-order valence-electron chi connectivity index (χ1n) is 8.84. The van der Waals surface area contributed by atoms with Crippen molar-refractivity contribution in [1.82, 2.24) is 9.13 Å². The van der Waals surface area contributed by atoms with Gasteiger partial charge in [-0.15, -0.1) is 17.0 Å². The van der Waals surface area contributed by atoms with Crippen LogP contribution < -0.4 is 5.62 Å². The van der Waals surface area contributed by atoms with Crippen LogP contribution in [0.25, 0.3) is 11.0 Å². The highest BCUT2D eigenvalue weighted by Crippen LogP contribution is 2.28. The van der Waals surface area contributed by atoms with Crippen LogP contribution >= 0.6 is 32.9 Å². The Balaban J connectivity index is 0.00000243. The third-order valence-corrected chi connectivity index (χ3v) is 4.99. The molecule has 0 aliphatic heterocycles. The topological polar surface area (TPSA) is 22.2 Å². The van der Waals surface area contributed by atoms with Crippen molar-refractivity contribution in [2.45, 2.75) is 53.6 Å². The molecule has 0 aliphatic carbocycles. The lowest BCUT2D eigenvalue weighted by molar-refractivity contribution is 0.521. The molecule has 0 saturated carbocycles. The van der Waals surface area contributed by atoms with Gasteiger partial charge in [-0.05, 0) is 76.9 Å². The van der Waals surface area contributed by atoms with Gasteiger partial charge in [-0.3, -0.25) is 0 Å². The number of rotatable bonds is 3. The first kappa shape index (κ1) is 21.0. The zero-order chi connectivity index (χ0) is 18.3. The molecule has 26 heavy (non-hydrogen) atoms. The Morgan fingerprint density at radius 2 is 1.27 bits per heavy atom. The highest BCUT2D eigenvalue weighted by Gasteiger charge is 2.16. The van der Waals surface area contributed by atoms with E-state index in [1.807, 2.05) is 0 Å². The lowest BCUT2D eigenvalue weighted by Gasteiger charge is -2.13. The van der Waals surface area contributed by atoms with Crippen molar-refractivity contribution in [3.63, 3.8) is 0 Å². The van der Waals surface area contributed by atoms with Crippen LogP contribution in [0.3, 0.4) is 0 Å². The molecule has 5 heteroatoms. The smallest absolute Gasteiger partial charge is 0.211 e. The summed E-state index contributed by atoms with van der Waals surface area (Å²) < 4.78 is 5.79. The highest BCUT2D eigenvalue weighted by molar-refractivity contribution is 9.10. The summed E-state index contributed by atoms with van der Waals surface area (Å²) in [6, 6.07) is 13.5. The normalized spacial score (nSPS) is 11.3. The predicted molar refractivity (Wildman–Crippen MR) is 120 cm³/mol. The van der Waals surface area contributed by atoms with Gasteiger partial charge in [0.05, 0.1) is 16.7 Å². The van der Waals surface area contributed by atoms with Crippen LogP contribution in [0.15, 0.2) is 45.9 Å². The molecular formula is C21H27Br2N3. The third-order valence-electron chi connectivity index (χ3n) is 4.53. The van der Waals surface area contributed by atoms with Gasteiger partial charge in [0, 0.05) is 16.6 Å². The van der Waals surface area contributed by atoms with Crippen molar-refractivity contribution in [1.29, 1.82) is 0 Å². The number of halogens is 2. The van der Waals surface area contributed by atoms with Crippen LogP contribution in [-0.4, -0.2) is 9.13 Å². The number of benzene rings is 2. The van der Waals surface area contributed by atoms with Gasteiger partial charge in [0.2, 0.25) is 5.62 Å². The Morgan fingerprint density at radius 3 is 1.65 bits per heavy atom. The fourth-order valence-electron chi connectivity index (χ4n) is 3.51. The number of hydrogen-bond acceptors (Lipinski definition) is 1. The van der Waals surface area contributed by atoms with E-state index in [9.17, 15) is 0 Å². The Bertz CT molecular complexity index is 923. The van der Waals surface area contributed by atoms with Crippen molar-refractivity contribution in [2.75, 3.05) is 0 Å². The minimum atomic E-state index is 0. The summed E-state index contributed by atoms with van der Waals surface area (Å²) in [5, 5.41) is 0. The zero-order valence-corrected chi connectivity index (χ0v) is 19.5. The van der Waals surface area contributed by atoms with E-state index in [0.717, 1.165) is 15.8 Å². The van der Waals surface area contributed by atoms with Crippen LogP contribution in [0.4, 0.5) is 5.69 Å². The van der Waals surface area contributed by atoms with E-state index in [1.54, 1.807) is 0 Å². The van der Waals surface area contributed by atoms with E-state index in [-0.39, 0.29) is 17.0 Å². The number of nitrogens with zero attached hydrogens (tertiary/aromatic N) is 3. The fourth-order valence-corrected chi connectivity index (χ4v) is 4.20. The van der Waals surface area contributed by atoms with Crippen molar-refractivity contribution >= 4 is 49.6 Å². The van der Waals surface area contributed by atoms with E-state index in [2.05, 4.69) is 103 Å². The van der Waals surface area contributed by atoms with Crippen molar-refractivity contribution < 1.29 is 0 Å². The predicted octanol–water partition coefficient (Wildman–Crippen LogP) is 6.79. The highest BCUT2D eigenvalue weighted by atomic mass is 79.9. The van der Waals surface area contributed by atoms with Gasteiger partial charge in [0.25, 0.3) is 0 Å². The molecule has 0 N–H and O–H groups in total. The molecule has 0 saturated heterocycles. The summed E-state index contributed by atoms with van der Waals surface area (Å²) in [5.41, 5.74) is 6.90. The molecule has 3 aromatic rings. The summed E-state index contributed by atoms with van der Waals surface area (Å²) in [5.74, 6) is 0. The molecule has 2 aromatic carbocycles. The molecule has 3 rings (SSSR count). The number of imidazole rings is 1. The molecule has 0 spiro atoms. The standard InChI is InChI=1S/C21H26BrN3.BrH/c1-13(2)24-18-9-7-8-10-19(18)25(14(3)4)21(24)23-20-15(5)11-17(22)12-16(20)6;/h7-14H,1-6H3;1H. The molecule has 1 aromatic heterocycles. The third kappa shape index (κ3) is 3.70. The SMILES string of the molecule is Br.Cc1cc(Br)cc(C)c1N=c1n(C(C)C)c2ccccc2n1C(C)C. The van der Waals surface area contributed by atoms with E-state index in [4.69, 9.17) is 4.99 Å². The second-order valence-corrected chi connectivity index (χ2v) is 8.13. The van der Waals surface area contributed by atoms with Gasteiger partial charge in [-0.25, -0.2) is 4.99 Å². The van der Waals surface area contributed by atoms with Gasteiger partial charge >= 0.3 is 0 Å². The summed E-state index contributed by atoms with van der Waals surface area (Å²) in [7, 11) is 0. The van der Waals surface area contributed by atoms with E-state index >= 15 is 0 Å². The zero-order valence-electron chi connectivity index (χ0n) is 16.2. The van der Waals surface area contributed by atoms with Crippen LogP contribution in [-0.2, 0) is 0 Å². The van der Waals surface area contributed by atoms with Gasteiger partial charge in [0.1, 0.15) is 0 Å². The van der Waals surface area contributed by atoms with E-state index < -0.39 is 0 Å². The molecule has 0 aliphatic rings. The van der Waals surface area contributed by atoms with Gasteiger partial charge in [-0.2, -0.15) is 0 Å². The Kier molecular flexibility index (Phi) is 6.56. The summed E-state index contributed by atoms with van der Waals surface area (Å²) >= 11 is 3.58. The Labute approximate surface area is 174 Å². The molecule has 0 atom stereocenters. The van der Waals surface area contributed by atoms with Gasteiger partial charge < -0.3 is 9.13 Å². The van der Waals surface area contributed by atoms with Crippen LogP contribution in [0, 0.1) is 13.8 Å². The van der Waals surface area contributed by atoms with Crippen molar-refractivity contribution in [3.05, 3.63) is 57.6 Å². The molecular weight excluding hydrogens is 454 g/mol. The minimum absolute atomic E-state index is 0. The molecule has 0 radical (unpaired) electrons. The molecule has 0 fully saturated rings. The summed E-state index contributed by atoms with van der Waals surface area (Å²) in [6.07, 6.45) is 0. The fraction of sp³-hybridized carbons (Fsp3) is 0.381. The largest absolute Gasteiger partial charge is 0.307 e. The minimum Gasteiger partial charge on any atom is -0.307 e. The Morgan fingerprint density at radius 1 is 0.846 bits per heavy atom. The summed E-state index contributed by atoms with van der Waals surface area (Å²) in [6.45, 7) is 13.1. The maximum absolute atomic E-state index is 5.17. The molecule has 1 heterocycles. The van der Waals surface area contributed by atoms with Crippen molar-refractivity contribution in [2.24, 2.45) is 4.99 Å². The molecule has 0 amide bonds. The molecule has 0 bridgehead atoms. The maximum Gasteiger partial charge on any atom is 0.211 e. The lowest BCUT2D eigenvalue weighted by atomic mass is 10.1. The van der Waals surface area contributed by atoms with Crippen LogP contribution in [0.1, 0.15) is 50.9 Å². The van der Waals surface area contributed by atoms with Gasteiger partial charge in [-0.1, -0.05) is 28.1 Å². The number of fused-ring (bicyclic) bond motifs is 1. The number of hydrogen-bond donors (Lipinski definition) is 0. The van der Waals surface area contributed by atoms with E-state index in [0.29, 0.717) is 12.1 Å².